The van der Waals surface area contributed by atoms with Gasteiger partial charge in [0.25, 0.3) is 0 Å². The Bertz CT molecular complexity index is 318. The minimum absolute atomic E-state index is 0. The van der Waals surface area contributed by atoms with Gasteiger partial charge < -0.3 is 16.0 Å². The first-order valence-electron chi connectivity index (χ1n) is 5.89. The molecule has 0 aromatic heterocycles. The molecule has 2 rings (SSSR count). The van der Waals surface area contributed by atoms with Crippen LogP contribution in [0, 0.1) is 0 Å². The van der Waals surface area contributed by atoms with Crippen LogP contribution in [0.25, 0.3) is 0 Å². The van der Waals surface area contributed by atoms with Gasteiger partial charge in [-0.05, 0) is 26.2 Å². The SMILES string of the molecule is CC(CN1CCCC1=O)NC(=O)C1(N)CC1.Cl. The van der Waals surface area contributed by atoms with Crippen molar-refractivity contribution >= 4 is 24.2 Å². The third-order valence-electron chi connectivity index (χ3n) is 3.28. The molecule has 0 spiro atoms. The first-order chi connectivity index (χ1) is 7.51. The van der Waals surface area contributed by atoms with E-state index in [2.05, 4.69) is 5.32 Å². The Morgan fingerprint density at radius 2 is 2.24 bits per heavy atom. The first kappa shape index (κ1) is 14.3. The van der Waals surface area contributed by atoms with Gasteiger partial charge in [0.2, 0.25) is 11.8 Å². The molecule has 1 atom stereocenters. The zero-order chi connectivity index (χ0) is 11.8. The molecule has 1 aliphatic heterocycles. The van der Waals surface area contributed by atoms with Crippen molar-refractivity contribution in [1.82, 2.24) is 10.2 Å². The number of halogens is 1. The van der Waals surface area contributed by atoms with E-state index in [1.807, 2.05) is 6.92 Å². The number of nitrogens with zero attached hydrogens (tertiary/aromatic N) is 1. The predicted octanol–water partition coefficient (Wildman–Crippen LogP) is 0.0266. The van der Waals surface area contributed by atoms with E-state index < -0.39 is 5.54 Å². The minimum atomic E-state index is -0.622. The molecule has 5 nitrogen and oxygen atoms in total. The molecule has 2 aliphatic rings. The van der Waals surface area contributed by atoms with Crippen molar-refractivity contribution in [1.29, 1.82) is 0 Å². The molecule has 1 saturated carbocycles. The number of nitrogens with one attached hydrogen (secondary N) is 1. The second-order valence-electron chi connectivity index (χ2n) is 4.97. The van der Waals surface area contributed by atoms with Gasteiger partial charge in [-0.25, -0.2) is 0 Å². The fraction of sp³-hybridized carbons (Fsp3) is 0.818. The molecular formula is C11H20ClN3O2. The van der Waals surface area contributed by atoms with Crippen LogP contribution in [0.1, 0.15) is 32.6 Å². The lowest BCUT2D eigenvalue weighted by molar-refractivity contribution is -0.129. The summed E-state index contributed by atoms with van der Waals surface area (Å²) in [4.78, 5) is 24.9. The summed E-state index contributed by atoms with van der Waals surface area (Å²) < 4.78 is 0. The van der Waals surface area contributed by atoms with Crippen LogP contribution in [-0.4, -0.2) is 41.4 Å². The van der Waals surface area contributed by atoms with Gasteiger partial charge in [-0.15, -0.1) is 12.4 Å². The summed E-state index contributed by atoms with van der Waals surface area (Å²) in [6.07, 6.45) is 3.12. The molecule has 0 aromatic rings. The molecule has 17 heavy (non-hydrogen) atoms. The van der Waals surface area contributed by atoms with Crippen LogP contribution in [0.4, 0.5) is 0 Å². The van der Waals surface area contributed by atoms with Crippen molar-refractivity contribution in [2.24, 2.45) is 5.73 Å². The third kappa shape index (κ3) is 3.33. The molecule has 1 aliphatic carbocycles. The Morgan fingerprint density at radius 3 is 2.71 bits per heavy atom. The average Bonchev–Trinajstić information content (AvgIpc) is 2.85. The maximum Gasteiger partial charge on any atom is 0.240 e. The van der Waals surface area contributed by atoms with Crippen molar-refractivity contribution in [2.45, 2.75) is 44.2 Å². The smallest absolute Gasteiger partial charge is 0.240 e. The van der Waals surface area contributed by atoms with Gasteiger partial charge in [-0.1, -0.05) is 0 Å². The van der Waals surface area contributed by atoms with Crippen LogP contribution in [0.5, 0.6) is 0 Å². The van der Waals surface area contributed by atoms with Gasteiger partial charge in [0.05, 0.1) is 5.54 Å². The minimum Gasteiger partial charge on any atom is -0.350 e. The highest BCUT2D eigenvalue weighted by molar-refractivity contribution is 5.89. The number of hydrogen-bond donors (Lipinski definition) is 2. The topological polar surface area (TPSA) is 75.4 Å². The number of carbonyl (C=O) groups is 2. The summed E-state index contributed by atoms with van der Waals surface area (Å²) in [7, 11) is 0. The second kappa shape index (κ2) is 5.23. The molecule has 0 radical (unpaired) electrons. The standard InChI is InChI=1S/C11H19N3O2.ClH/c1-8(7-14-6-2-3-9(14)15)13-10(16)11(12)4-5-11;/h8H,2-7,12H2,1H3,(H,13,16);1H. The Morgan fingerprint density at radius 1 is 1.59 bits per heavy atom. The monoisotopic (exact) mass is 261 g/mol. The van der Waals surface area contributed by atoms with Gasteiger partial charge in [0, 0.05) is 25.6 Å². The van der Waals surface area contributed by atoms with E-state index in [1.165, 1.54) is 0 Å². The highest BCUT2D eigenvalue weighted by Crippen LogP contribution is 2.32. The molecule has 98 valence electrons. The number of likely N-dealkylation sites (tertiary alicyclic amines) is 1. The maximum absolute atomic E-state index is 11.7. The summed E-state index contributed by atoms with van der Waals surface area (Å²) in [5.41, 5.74) is 5.16. The number of nitrogens with two attached hydrogens (primary N) is 1. The van der Waals surface area contributed by atoms with Gasteiger partial charge >= 0.3 is 0 Å². The van der Waals surface area contributed by atoms with Crippen LogP contribution < -0.4 is 11.1 Å². The van der Waals surface area contributed by atoms with Crippen LogP contribution in [0.15, 0.2) is 0 Å². The summed E-state index contributed by atoms with van der Waals surface area (Å²) in [6.45, 7) is 3.32. The highest BCUT2D eigenvalue weighted by Gasteiger charge is 2.46. The first-order valence-corrected chi connectivity index (χ1v) is 5.89. The average molecular weight is 262 g/mol. The van der Waals surface area contributed by atoms with Gasteiger partial charge in [-0.2, -0.15) is 0 Å². The van der Waals surface area contributed by atoms with Crippen molar-refractivity contribution in [2.75, 3.05) is 13.1 Å². The van der Waals surface area contributed by atoms with Crippen molar-refractivity contribution in [3.05, 3.63) is 0 Å². The van der Waals surface area contributed by atoms with Gasteiger partial charge in [0.15, 0.2) is 0 Å². The molecule has 6 heteroatoms. The van der Waals surface area contributed by atoms with Crippen LogP contribution in [-0.2, 0) is 9.59 Å². The van der Waals surface area contributed by atoms with E-state index in [-0.39, 0.29) is 30.3 Å². The Balaban J connectivity index is 0.00000144. The lowest BCUT2D eigenvalue weighted by Crippen LogP contribution is -2.49. The molecule has 0 aromatic carbocycles. The van der Waals surface area contributed by atoms with Gasteiger partial charge in [0.1, 0.15) is 0 Å². The van der Waals surface area contributed by atoms with E-state index in [4.69, 9.17) is 5.73 Å². The van der Waals surface area contributed by atoms with Crippen LogP contribution in [0.3, 0.4) is 0 Å². The number of hydrogen-bond acceptors (Lipinski definition) is 3. The fourth-order valence-electron chi connectivity index (χ4n) is 2.00. The number of rotatable bonds is 4. The Labute approximate surface area is 108 Å². The molecular weight excluding hydrogens is 242 g/mol. The summed E-state index contributed by atoms with van der Waals surface area (Å²) in [5, 5.41) is 2.87. The van der Waals surface area contributed by atoms with Crippen molar-refractivity contribution < 1.29 is 9.59 Å². The normalized spacial score (nSPS) is 22.9. The van der Waals surface area contributed by atoms with Crippen LogP contribution >= 0.6 is 12.4 Å². The van der Waals surface area contributed by atoms with E-state index in [9.17, 15) is 9.59 Å². The summed E-state index contributed by atoms with van der Waals surface area (Å²) >= 11 is 0. The van der Waals surface area contributed by atoms with Gasteiger partial charge in [-0.3, -0.25) is 9.59 Å². The Kier molecular flexibility index (Phi) is 4.38. The zero-order valence-electron chi connectivity index (χ0n) is 10.1. The van der Waals surface area contributed by atoms with Crippen molar-refractivity contribution in [3.63, 3.8) is 0 Å². The molecule has 2 amide bonds. The zero-order valence-corrected chi connectivity index (χ0v) is 10.9. The van der Waals surface area contributed by atoms with E-state index in [0.29, 0.717) is 13.0 Å². The third-order valence-corrected chi connectivity index (χ3v) is 3.28. The predicted molar refractivity (Wildman–Crippen MR) is 66.8 cm³/mol. The summed E-state index contributed by atoms with van der Waals surface area (Å²) in [5.74, 6) is 0.113. The van der Waals surface area contributed by atoms with E-state index >= 15 is 0 Å². The lowest BCUT2D eigenvalue weighted by atomic mass is 10.2. The summed E-state index contributed by atoms with van der Waals surface area (Å²) in [6, 6.07) is -0.0180. The second-order valence-corrected chi connectivity index (χ2v) is 4.97. The van der Waals surface area contributed by atoms with Crippen LogP contribution in [0.2, 0.25) is 0 Å². The largest absolute Gasteiger partial charge is 0.350 e. The molecule has 1 saturated heterocycles. The number of carbonyl (C=O) groups excluding carboxylic acids is 2. The van der Waals surface area contributed by atoms with E-state index in [1.54, 1.807) is 4.90 Å². The molecule has 1 heterocycles. The van der Waals surface area contributed by atoms with E-state index in [0.717, 1.165) is 25.8 Å². The molecule has 3 N–H and O–H groups in total. The number of amides is 2. The Hall–Kier alpha value is -0.810. The molecule has 0 bridgehead atoms. The van der Waals surface area contributed by atoms with Crippen molar-refractivity contribution in [3.8, 4) is 0 Å². The highest BCUT2D eigenvalue weighted by atomic mass is 35.5. The quantitative estimate of drug-likeness (QED) is 0.750. The maximum atomic E-state index is 11.7. The fourth-order valence-corrected chi connectivity index (χ4v) is 2.00. The lowest BCUT2D eigenvalue weighted by Gasteiger charge is -2.22. The molecule has 2 fully saturated rings. The molecule has 1 unspecified atom stereocenters.